The van der Waals surface area contributed by atoms with Crippen molar-refractivity contribution in [3.8, 4) is 0 Å². The van der Waals surface area contributed by atoms with Gasteiger partial charge in [-0.25, -0.2) is 4.79 Å². The van der Waals surface area contributed by atoms with Gasteiger partial charge < -0.3 is 26.0 Å². The molecule has 1 fully saturated rings. The second-order valence-corrected chi connectivity index (χ2v) is 5.29. The summed E-state index contributed by atoms with van der Waals surface area (Å²) in [5.74, 6) is 0. The van der Waals surface area contributed by atoms with E-state index in [1.807, 2.05) is 24.3 Å². The summed E-state index contributed by atoms with van der Waals surface area (Å²) in [5, 5.41) is 12.2. The van der Waals surface area contributed by atoms with Crippen molar-refractivity contribution in [2.24, 2.45) is 0 Å². The maximum absolute atomic E-state index is 11.2. The summed E-state index contributed by atoms with van der Waals surface area (Å²) in [7, 11) is 1.59. The van der Waals surface area contributed by atoms with Gasteiger partial charge in [-0.1, -0.05) is 0 Å². The van der Waals surface area contributed by atoms with Crippen LogP contribution in [0.1, 0.15) is 13.3 Å². The highest BCUT2D eigenvalue weighted by Gasteiger charge is 2.16. The fraction of sp³-hybridized carbons (Fsp3) is 0.533. The Morgan fingerprint density at radius 1 is 1.38 bits per heavy atom. The molecule has 1 aliphatic rings. The number of amides is 2. The first-order valence-corrected chi connectivity index (χ1v) is 7.34. The quantitative estimate of drug-likeness (QED) is 0.665. The second-order valence-electron chi connectivity index (χ2n) is 5.29. The van der Waals surface area contributed by atoms with Gasteiger partial charge in [0.2, 0.25) is 0 Å². The molecule has 0 saturated carbocycles. The summed E-state index contributed by atoms with van der Waals surface area (Å²) >= 11 is 0. The Morgan fingerprint density at radius 3 is 2.71 bits per heavy atom. The summed E-state index contributed by atoms with van der Waals surface area (Å²) < 4.78 is 5.46. The maximum Gasteiger partial charge on any atom is 0.318 e. The zero-order valence-corrected chi connectivity index (χ0v) is 12.6. The van der Waals surface area contributed by atoms with Crippen molar-refractivity contribution in [3.05, 3.63) is 24.3 Å². The van der Waals surface area contributed by atoms with Crippen LogP contribution in [0, 0.1) is 0 Å². The first kappa shape index (κ1) is 15.6. The number of anilines is 2. The fourth-order valence-electron chi connectivity index (χ4n) is 2.38. The molecule has 1 aromatic carbocycles. The van der Waals surface area contributed by atoms with Crippen LogP contribution >= 0.6 is 0 Å². The standard InChI is InChI=1S/C15H24N4O2/c1-11(9-14-10-21-8-7-17-14)18-12-3-5-13(6-4-12)19-15(20)16-2/h3-6,11,14,17-18H,7-10H2,1-2H3,(H2,16,19,20). The van der Waals surface area contributed by atoms with Crippen molar-refractivity contribution in [2.45, 2.75) is 25.4 Å². The summed E-state index contributed by atoms with van der Waals surface area (Å²) in [5.41, 5.74) is 1.82. The first-order valence-electron chi connectivity index (χ1n) is 7.34. The summed E-state index contributed by atoms with van der Waals surface area (Å²) in [6.45, 7) is 4.67. The Bertz CT molecular complexity index is 443. The van der Waals surface area contributed by atoms with Gasteiger partial charge >= 0.3 is 6.03 Å². The van der Waals surface area contributed by atoms with Crippen LogP contribution in [-0.4, -0.2) is 44.9 Å². The molecule has 2 rings (SSSR count). The molecule has 1 aromatic rings. The van der Waals surface area contributed by atoms with Crippen LogP contribution < -0.4 is 21.3 Å². The maximum atomic E-state index is 11.2. The Hall–Kier alpha value is -1.79. The lowest BCUT2D eigenvalue weighted by Gasteiger charge is -2.27. The van der Waals surface area contributed by atoms with E-state index in [4.69, 9.17) is 4.74 Å². The van der Waals surface area contributed by atoms with E-state index in [2.05, 4.69) is 28.2 Å². The number of urea groups is 1. The van der Waals surface area contributed by atoms with E-state index < -0.39 is 0 Å². The predicted octanol–water partition coefficient (Wildman–Crippen LogP) is 1.62. The van der Waals surface area contributed by atoms with Crippen LogP contribution in [0.15, 0.2) is 24.3 Å². The highest BCUT2D eigenvalue weighted by molar-refractivity contribution is 5.89. The molecule has 1 saturated heterocycles. The summed E-state index contributed by atoms with van der Waals surface area (Å²) in [6, 6.07) is 8.24. The number of hydrogen-bond acceptors (Lipinski definition) is 4. The lowest BCUT2D eigenvalue weighted by molar-refractivity contribution is 0.0731. The third kappa shape index (κ3) is 5.24. The molecule has 116 valence electrons. The SMILES string of the molecule is CNC(=O)Nc1ccc(NC(C)CC2COCCN2)cc1. The number of carbonyl (C=O) groups is 1. The van der Waals surface area contributed by atoms with E-state index in [-0.39, 0.29) is 6.03 Å². The number of nitrogens with one attached hydrogen (secondary N) is 4. The number of carbonyl (C=O) groups excluding carboxylic acids is 1. The molecule has 1 heterocycles. The number of rotatable bonds is 5. The molecule has 2 unspecified atom stereocenters. The van der Waals surface area contributed by atoms with Gasteiger partial charge in [-0.3, -0.25) is 0 Å². The van der Waals surface area contributed by atoms with E-state index in [0.717, 1.165) is 37.6 Å². The molecule has 21 heavy (non-hydrogen) atoms. The van der Waals surface area contributed by atoms with Crippen molar-refractivity contribution in [1.82, 2.24) is 10.6 Å². The lowest BCUT2D eigenvalue weighted by atomic mass is 10.1. The Balaban J connectivity index is 1.80. The van der Waals surface area contributed by atoms with Gasteiger partial charge in [0.15, 0.2) is 0 Å². The van der Waals surface area contributed by atoms with E-state index in [1.165, 1.54) is 0 Å². The Labute approximate surface area is 125 Å². The van der Waals surface area contributed by atoms with Crippen LogP contribution in [0.4, 0.5) is 16.2 Å². The van der Waals surface area contributed by atoms with Gasteiger partial charge in [-0.15, -0.1) is 0 Å². The van der Waals surface area contributed by atoms with Crippen LogP contribution in [0.5, 0.6) is 0 Å². The van der Waals surface area contributed by atoms with Crippen molar-refractivity contribution >= 4 is 17.4 Å². The fourth-order valence-corrected chi connectivity index (χ4v) is 2.38. The number of benzene rings is 1. The van der Waals surface area contributed by atoms with Gasteiger partial charge in [0, 0.05) is 37.1 Å². The van der Waals surface area contributed by atoms with Gasteiger partial charge in [0.05, 0.1) is 13.2 Å². The van der Waals surface area contributed by atoms with Gasteiger partial charge in [-0.05, 0) is 37.6 Å². The minimum Gasteiger partial charge on any atom is -0.383 e. The summed E-state index contributed by atoms with van der Waals surface area (Å²) in [6.07, 6.45) is 1.01. The van der Waals surface area contributed by atoms with Crippen LogP contribution in [-0.2, 0) is 4.74 Å². The van der Waals surface area contributed by atoms with Crippen molar-refractivity contribution < 1.29 is 9.53 Å². The predicted molar refractivity (Wildman–Crippen MR) is 84.8 cm³/mol. The second kappa shape index (κ2) is 7.85. The molecule has 0 aliphatic carbocycles. The summed E-state index contributed by atoms with van der Waals surface area (Å²) in [4.78, 5) is 11.2. The molecule has 0 spiro atoms. The molecule has 1 aliphatic heterocycles. The molecule has 0 bridgehead atoms. The first-order chi connectivity index (χ1) is 10.2. The van der Waals surface area contributed by atoms with Crippen LogP contribution in [0.2, 0.25) is 0 Å². The highest BCUT2D eigenvalue weighted by Crippen LogP contribution is 2.16. The van der Waals surface area contributed by atoms with Gasteiger partial charge in [0.25, 0.3) is 0 Å². The van der Waals surface area contributed by atoms with E-state index in [0.29, 0.717) is 12.1 Å². The third-order valence-corrected chi connectivity index (χ3v) is 3.42. The molecule has 0 radical (unpaired) electrons. The minimum atomic E-state index is -0.215. The lowest BCUT2D eigenvalue weighted by Crippen LogP contribution is -2.43. The molecule has 2 atom stereocenters. The zero-order valence-electron chi connectivity index (χ0n) is 12.6. The van der Waals surface area contributed by atoms with E-state index in [9.17, 15) is 4.79 Å². The average molecular weight is 292 g/mol. The van der Waals surface area contributed by atoms with Crippen molar-refractivity contribution in [1.29, 1.82) is 0 Å². The van der Waals surface area contributed by atoms with E-state index in [1.54, 1.807) is 7.05 Å². The van der Waals surface area contributed by atoms with E-state index >= 15 is 0 Å². The largest absolute Gasteiger partial charge is 0.383 e. The average Bonchev–Trinajstić information content (AvgIpc) is 2.50. The monoisotopic (exact) mass is 292 g/mol. The molecule has 6 heteroatoms. The molecular weight excluding hydrogens is 268 g/mol. The topological polar surface area (TPSA) is 74.4 Å². The van der Waals surface area contributed by atoms with Crippen LogP contribution in [0.25, 0.3) is 0 Å². The van der Waals surface area contributed by atoms with Crippen molar-refractivity contribution in [2.75, 3.05) is 37.4 Å². The zero-order chi connectivity index (χ0) is 15.1. The smallest absolute Gasteiger partial charge is 0.318 e. The van der Waals surface area contributed by atoms with Crippen molar-refractivity contribution in [3.63, 3.8) is 0 Å². The molecule has 4 N–H and O–H groups in total. The Kier molecular flexibility index (Phi) is 5.83. The number of ether oxygens (including phenoxy) is 1. The molecule has 2 amide bonds. The molecule has 6 nitrogen and oxygen atoms in total. The van der Waals surface area contributed by atoms with Gasteiger partial charge in [-0.2, -0.15) is 0 Å². The third-order valence-electron chi connectivity index (χ3n) is 3.42. The number of morpholine rings is 1. The minimum absolute atomic E-state index is 0.215. The number of hydrogen-bond donors (Lipinski definition) is 4. The Morgan fingerprint density at radius 2 is 2.10 bits per heavy atom. The van der Waals surface area contributed by atoms with Crippen LogP contribution in [0.3, 0.4) is 0 Å². The molecular formula is C15H24N4O2. The normalized spacial score (nSPS) is 19.6. The molecule has 0 aromatic heterocycles. The van der Waals surface area contributed by atoms with Gasteiger partial charge in [0.1, 0.15) is 0 Å². The highest BCUT2D eigenvalue weighted by atomic mass is 16.5.